The lowest BCUT2D eigenvalue weighted by Gasteiger charge is -1.94. The molecule has 2 rings (SSSR count). The van der Waals surface area contributed by atoms with E-state index in [0.717, 1.165) is 0 Å². The molecule has 0 aliphatic carbocycles. The maximum absolute atomic E-state index is 12.4. The van der Waals surface area contributed by atoms with Crippen LogP contribution < -0.4 is 5.32 Å². The Morgan fingerprint density at radius 3 is 2.27 bits per heavy atom. The minimum absolute atomic E-state index is 0.165. The van der Waals surface area contributed by atoms with Crippen LogP contribution in [0.1, 0.15) is 18.5 Å². The lowest BCUT2D eigenvalue weighted by molar-refractivity contribution is 0.627. The first-order valence-corrected chi connectivity index (χ1v) is 3.79. The molecule has 1 aliphatic rings. The molecule has 0 aromatic heterocycles. The zero-order valence-electron chi connectivity index (χ0n) is 6.34. The van der Waals surface area contributed by atoms with E-state index in [-0.39, 0.29) is 5.82 Å². The van der Waals surface area contributed by atoms with Crippen molar-refractivity contribution in [3.05, 3.63) is 35.6 Å². The molecule has 2 atom stereocenters. The van der Waals surface area contributed by atoms with Gasteiger partial charge in [0.2, 0.25) is 0 Å². The average Bonchev–Trinajstić information content (AvgIpc) is 2.69. The van der Waals surface area contributed by atoms with Crippen molar-refractivity contribution in [2.24, 2.45) is 0 Å². The molecule has 1 heterocycles. The van der Waals surface area contributed by atoms with E-state index in [9.17, 15) is 4.39 Å². The molecule has 0 bridgehead atoms. The number of benzene rings is 1. The summed E-state index contributed by atoms with van der Waals surface area (Å²) < 4.78 is 12.4. The average molecular weight is 151 g/mol. The van der Waals surface area contributed by atoms with Gasteiger partial charge in [0.05, 0.1) is 0 Å². The van der Waals surface area contributed by atoms with Gasteiger partial charge in [0.15, 0.2) is 0 Å². The van der Waals surface area contributed by atoms with Crippen molar-refractivity contribution in [3.63, 3.8) is 0 Å². The Labute approximate surface area is 65.2 Å². The maximum Gasteiger partial charge on any atom is 0.123 e. The zero-order valence-corrected chi connectivity index (χ0v) is 6.34. The van der Waals surface area contributed by atoms with Gasteiger partial charge >= 0.3 is 0 Å². The molecule has 58 valence electrons. The first-order chi connectivity index (χ1) is 5.27. The van der Waals surface area contributed by atoms with Gasteiger partial charge in [-0.3, -0.25) is 0 Å². The second-order valence-corrected chi connectivity index (χ2v) is 2.98. The number of hydrogen-bond acceptors (Lipinski definition) is 1. The number of rotatable bonds is 1. The summed E-state index contributed by atoms with van der Waals surface area (Å²) in [5, 5.41) is 3.24. The third-order valence-corrected chi connectivity index (χ3v) is 2.06. The number of nitrogens with one attached hydrogen (secondary N) is 1. The molecule has 0 radical (unpaired) electrons. The van der Waals surface area contributed by atoms with E-state index in [1.54, 1.807) is 0 Å². The topological polar surface area (TPSA) is 21.9 Å². The van der Waals surface area contributed by atoms with Crippen LogP contribution in [0.3, 0.4) is 0 Å². The molecule has 0 amide bonds. The Kier molecular flexibility index (Phi) is 1.43. The highest BCUT2D eigenvalue weighted by atomic mass is 19.1. The summed E-state index contributed by atoms with van der Waals surface area (Å²) in [5.41, 5.74) is 1.18. The monoisotopic (exact) mass is 151 g/mol. The van der Waals surface area contributed by atoms with E-state index >= 15 is 0 Å². The van der Waals surface area contributed by atoms with E-state index in [1.165, 1.54) is 17.7 Å². The quantitative estimate of drug-likeness (QED) is 0.608. The summed E-state index contributed by atoms with van der Waals surface area (Å²) in [6.45, 7) is 2.12. The van der Waals surface area contributed by atoms with Crippen LogP contribution in [-0.2, 0) is 0 Å². The van der Waals surface area contributed by atoms with Crippen molar-refractivity contribution < 1.29 is 4.39 Å². The van der Waals surface area contributed by atoms with Gasteiger partial charge in [-0.25, -0.2) is 4.39 Å². The van der Waals surface area contributed by atoms with Gasteiger partial charge in [0.1, 0.15) is 5.82 Å². The first-order valence-electron chi connectivity index (χ1n) is 3.79. The summed E-state index contributed by atoms with van der Waals surface area (Å²) in [5.74, 6) is -0.165. The van der Waals surface area contributed by atoms with Crippen molar-refractivity contribution in [2.75, 3.05) is 0 Å². The predicted octanol–water partition coefficient (Wildman–Crippen LogP) is 1.86. The molecule has 1 aromatic rings. The Bertz CT molecular complexity index is 255. The van der Waals surface area contributed by atoms with Gasteiger partial charge in [-0.1, -0.05) is 12.1 Å². The highest BCUT2D eigenvalue weighted by Gasteiger charge is 2.32. The SMILES string of the molecule is C[C@H]1N[C@H]1c1ccc(F)cc1. The van der Waals surface area contributed by atoms with Crippen LogP contribution in [0.5, 0.6) is 0 Å². The summed E-state index contributed by atoms with van der Waals surface area (Å²) in [7, 11) is 0. The van der Waals surface area contributed by atoms with Crippen molar-refractivity contribution in [1.29, 1.82) is 0 Å². The number of hydrogen-bond donors (Lipinski definition) is 1. The van der Waals surface area contributed by atoms with Crippen molar-refractivity contribution in [1.82, 2.24) is 5.32 Å². The van der Waals surface area contributed by atoms with Gasteiger partial charge < -0.3 is 5.32 Å². The molecule has 0 saturated carbocycles. The van der Waals surface area contributed by atoms with Crippen molar-refractivity contribution in [2.45, 2.75) is 19.0 Å². The lowest BCUT2D eigenvalue weighted by Crippen LogP contribution is -1.83. The van der Waals surface area contributed by atoms with Crippen LogP contribution in [0.15, 0.2) is 24.3 Å². The Morgan fingerprint density at radius 1 is 1.27 bits per heavy atom. The van der Waals surface area contributed by atoms with Crippen LogP contribution in [0, 0.1) is 5.82 Å². The Morgan fingerprint density at radius 2 is 1.82 bits per heavy atom. The molecule has 11 heavy (non-hydrogen) atoms. The number of halogens is 1. The summed E-state index contributed by atoms with van der Waals surface area (Å²) in [6, 6.07) is 7.67. The molecule has 1 aromatic carbocycles. The van der Waals surface area contributed by atoms with Crippen LogP contribution in [0.4, 0.5) is 4.39 Å². The van der Waals surface area contributed by atoms with Gasteiger partial charge in [0.25, 0.3) is 0 Å². The van der Waals surface area contributed by atoms with E-state index in [1.807, 2.05) is 12.1 Å². The highest BCUT2D eigenvalue weighted by molar-refractivity contribution is 5.25. The minimum Gasteiger partial charge on any atom is -0.304 e. The second-order valence-electron chi connectivity index (χ2n) is 2.98. The van der Waals surface area contributed by atoms with Gasteiger partial charge in [-0.05, 0) is 24.6 Å². The minimum atomic E-state index is -0.165. The Balaban J connectivity index is 2.21. The van der Waals surface area contributed by atoms with Gasteiger partial charge in [-0.15, -0.1) is 0 Å². The second kappa shape index (κ2) is 2.31. The van der Waals surface area contributed by atoms with Crippen LogP contribution in [-0.4, -0.2) is 6.04 Å². The molecule has 0 unspecified atom stereocenters. The normalized spacial score (nSPS) is 28.5. The van der Waals surface area contributed by atoms with E-state index in [0.29, 0.717) is 12.1 Å². The molecule has 1 aliphatic heterocycles. The highest BCUT2D eigenvalue weighted by Crippen LogP contribution is 2.28. The summed E-state index contributed by atoms with van der Waals surface area (Å²) in [6.07, 6.45) is 0. The van der Waals surface area contributed by atoms with E-state index in [2.05, 4.69) is 12.2 Å². The zero-order chi connectivity index (χ0) is 7.84. The van der Waals surface area contributed by atoms with Gasteiger partial charge in [0, 0.05) is 12.1 Å². The van der Waals surface area contributed by atoms with Crippen LogP contribution in [0.25, 0.3) is 0 Å². The van der Waals surface area contributed by atoms with Crippen molar-refractivity contribution in [3.8, 4) is 0 Å². The molecule has 1 N–H and O–H groups in total. The van der Waals surface area contributed by atoms with Gasteiger partial charge in [-0.2, -0.15) is 0 Å². The maximum atomic E-state index is 12.4. The third-order valence-electron chi connectivity index (χ3n) is 2.06. The third kappa shape index (κ3) is 1.26. The molecule has 1 fully saturated rings. The molecular formula is C9H10FN. The fourth-order valence-electron chi connectivity index (χ4n) is 1.28. The molecule has 1 nitrogen and oxygen atoms in total. The standard InChI is InChI=1S/C9H10FN/c1-6-9(11-6)7-2-4-8(10)5-3-7/h2-6,9,11H,1H3/t6-,9-/m1/s1. The Hall–Kier alpha value is -0.890. The fourth-order valence-corrected chi connectivity index (χ4v) is 1.28. The largest absolute Gasteiger partial charge is 0.304 e. The predicted molar refractivity (Wildman–Crippen MR) is 41.7 cm³/mol. The molecular weight excluding hydrogens is 141 g/mol. The van der Waals surface area contributed by atoms with E-state index < -0.39 is 0 Å². The summed E-state index contributed by atoms with van der Waals surface area (Å²) in [4.78, 5) is 0. The van der Waals surface area contributed by atoms with Crippen molar-refractivity contribution >= 4 is 0 Å². The molecule has 0 spiro atoms. The van der Waals surface area contributed by atoms with Crippen LogP contribution >= 0.6 is 0 Å². The molecule has 2 heteroatoms. The molecule has 1 saturated heterocycles. The lowest BCUT2D eigenvalue weighted by atomic mass is 10.1. The van der Waals surface area contributed by atoms with E-state index in [4.69, 9.17) is 0 Å². The summed E-state index contributed by atoms with van der Waals surface area (Å²) >= 11 is 0. The first kappa shape index (κ1) is 6.80. The smallest absolute Gasteiger partial charge is 0.123 e. The fraction of sp³-hybridized carbons (Fsp3) is 0.333. The van der Waals surface area contributed by atoms with Crippen LogP contribution in [0.2, 0.25) is 0 Å².